The molecule has 1 unspecified atom stereocenters. The number of hydrogen-bond acceptors (Lipinski definition) is 2. The van der Waals surface area contributed by atoms with Crippen LogP contribution in [0, 0.1) is 19.7 Å². The van der Waals surface area contributed by atoms with Crippen molar-refractivity contribution in [1.29, 1.82) is 0 Å². The molecule has 108 valence electrons. The van der Waals surface area contributed by atoms with E-state index in [2.05, 4.69) is 0 Å². The van der Waals surface area contributed by atoms with E-state index in [-0.39, 0.29) is 11.3 Å². The summed E-state index contributed by atoms with van der Waals surface area (Å²) in [5.74, 6) is -0.763. The summed E-state index contributed by atoms with van der Waals surface area (Å²) in [5, 5.41) is 0. The average molecular weight is 284 g/mol. The number of aryl methyl sites for hydroxylation is 2. The van der Waals surface area contributed by atoms with E-state index in [1.807, 2.05) is 37.3 Å². The fourth-order valence-corrected chi connectivity index (χ4v) is 2.97. The van der Waals surface area contributed by atoms with Crippen molar-refractivity contribution < 1.29 is 13.9 Å². The largest absolute Gasteiger partial charge is 0.365 e. The summed E-state index contributed by atoms with van der Waals surface area (Å²) in [6, 6.07) is 10.9. The van der Waals surface area contributed by atoms with Gasteiger partial charge in [0, 0.05) is 0 Å². The highest BCUT2D eigenvalue weighted by molar-refractivity contribution is 6.01. The van der Waals surface area contributed by atoms with Crippen molar-refractivity contribution in [2.45, 2.75) is 26.4 Å². The zero-order valence-electron chi connectivity index (χ0n) is 12.2. The molecule has 0 fully saturated rings. The fourth-order valence-electron chi connectivity index (χ4n) is 2.97. The van der Waals surface area contributed by atoms with Crippen LogP contribution in [0.15, 0.2) is 36.4 Å². The predicted octanol–water partition coefficient (Wildman–Crippen LogP) is 3.94. The first-order valence-electron chi connectivity index (χ1n) is 7.08. The standard InChI is InChI=1S/C18H17FO2/c1-11-9-12(2)16(15(19)10-11)17(20)18-14-6-4-3-5-13(14)7-8-21-18/h3-6,9-10,18H,7-8H2,1-2H3. The Labute approximate surface area is 123 Å². The number of ketones is 1. The van der Waals surface area contributed by atoms with Crippen LogP contribution in [0.25, 0.3) is 0 Å². The van der Waals surface area contributed by atoms with Crippen molar-refractivity contribution in [2.75, 3.05) is 6.61 Å². The summed E-state index contributed by atoms with van der Waals surface area (Å²) in [7, 11) is 0. The second-order valence-electron chi connectivity index (χ2n) is 5.50. The lowest BCUT2D eigenvalue weighted by Gasteiger charge is -2.25. The maximum absolute atomic E-state index is 14.2. The van der Waals surface area contributed by atoms with Gasteiger partial charge in [-0.25, -0.2) is 4.39 Å². The van der Waals surface area contributed by atoms with Crippen LogP contribution in [-0.4, -0.2) is 12.4 Å². The van der Waals surface area contributed by atoms with Gasteiger partial charge in [-0.1, -0.05) is 30.3 Å². The molecule has 0 aliphatic carbocycles. The SMILES string of the molecule is Cc1cc(C)c(C(=O)C2OCCc3ccccc32)c(F)c1. The molecule has 3 heteroatoms. The minimum atomic E-state index is -0.703. The van der Waals surface area contributed by atoms with Crippen LogP contribution in [0.3, 0.4) is 0 Å². The maximum atomic E-state index is 14.2. The van der Waals surface area contributed by atoms with Gasteiger partial charge < -0.3 is 4.74 Å². The molecule has 0 aromatic heterocycles. The van der Waals surface area contributed by atoms with Crippen LogP contribution >= 0.6 is 0 Å². The first-order valence-corrected chi connectivity index (χ1v) is 7.08. The molecule has 0 bridgehead atoms. The monoisotopic (exact) mass is 284 g/mol. The van der Waals surface area contributed by atoms with Gasteiger partial charge in [0.1, 0.15) is 11.9 Å². The quantitative estimate of drug-likeness (QED) is 0.781. The van der Waals surface area contributed by atoms with Crippen LogP contribution in [0.5, 0.6) is 0 Å². The van der Waals surface area contributed by atoms with Gasteiger partial charge in [-0.2, -0.15) is 0 Å². The van der Waals surface area contributed by atoms with Crippen LogP contribution in [0.2, 0.25) is 0 Å². The summed E-state index contributed by atoms with van der Waals surface area (Å²) in [6.45, 7) is 4.06. The Kier molecular flexibility index (Phi) is 3.60. The van der Waals surface area contributed by atoms with Gasteiger partial charge in [-0.05, 0) is 48.6 Å². The number of carbonyl (C=O) groups excluding carboxylic acids is 1. The predicted molar refractivity (Wildman–Crippen MR) is 79.0 cm³/mol. The lowest BCUT2D eigenvalue weighted by atomic mass is 9.90. The second kappa shape index (κ2) is 5.41. The van der Waals surface area contributed by atoms with Crippen LogP contribution in [0.4, 0.5) is 4.39 Å². The van der Waals surface area contributed by atoms with E-state index in [0.29, 0.717) is 12.2 Å². The van der Waals surface area contributed by atoms with E-state index in [0.717, 1.165) is 23.1 Å². The van der Waals surface area contributed by atoms with Crippen molar-refractivity contribution in [1.82, 2.24) is 0 Å². The van der Waals surface area contributed by atoms with E-state index < -0.39 is 11.9 Å². The molecule has 1 aliphatic heterocycles. The molecular formula is C18H17FO2. The number of hydrogen-bond donors (Lipinski definition) is 0. The third-order valence-corrected chi connectivity index (χ3v) is 3.91. The number of fused-ring (bicyclic) bond motifs is 1. The molecule has 0 spiro atoms. The van der Waals surface area contributed by atoms with Gasteiger partial charge in [0.05, 0.1) is 12.2 Å². The Morgan fingerprint density at radius 3 is 2.76 bits per heavy atom. The molecule has 0 saturated heterocycles. The number of halogens is 1. The van der Waals surface area contributed by atoms with Crippen LogP contribution in [0.1, 0.15) is 38.7 Å². The van der Waals surface area contributed by atoms with Crippen LogP contribution in [-0.2, 0) is 11.2 Å². The topological polar surface area (TPSA) is 26.3 Å². The van der Waals surface area contributed by atoms with E-state index in [1.165, 1.54) is 6.07 Å². The summed E-state index contributed by atoms with van der Waals surface area (Å²) in [6.07, 6.45) is 0.0841. The zero-order chi connectivity index (χ0) is 15.0. The van der Waals surface area contributed by atoms with E-state index >= 15 is 0 Å². The smallest absolute Gasteiger partial charge is 0.199 e. The minimum absolute atomic E-state index is 0.141. The summed E-state index contributed by atoms with van der Waals surface area (Å²) in [4.78, 5) is 12.8. The molecule has 1 atom stereocenters. The Hall–Kier alpha value is -2.00. The van der Waals surface area contributed by atoms with Gasteiger partial charge in [-0.15, -0.1) is 0 Å². The summed E-state index contributed by atoms with van der Waals surface area (Å²) >= 11 is 0. The van der Waals surface area contributed by atoms with Gasteiger partial charge >= 0.3 is 0 Å². The highest BCUT2D eigenvalue weighted by Gasteiger charge is 2.30. The average Bonchev–Trinajstić information content (AvgIpc) is 2.45. The van der Waals surface area contributed by atoms with Crippen molar-refractivity contribution >= 4 is 5.78 Å². The van der Waals surface area contributed by atoms with E-state index in [9.17, 15) is 9.18 Å². The molecule has 3 rings (SSSR count). The number of Topliss-reactive ketones (excluding diaryl/α,β-unsaturated/α-hetero) is 1. The Morgan fingerprint density at radius 1 is 1.24 bits per heavy atom. The molecule has 0 N–H and O–H groups in total. The van der Waals surface area contributed by atoms with E-state index in [1.54, 1.807) is 6.92 Å². The molecule has 2 nitrogen and oxygen atoms in total. The van der Waals surface area contributed by atoms with Crippen LogP contribution < -0.4 is 0 Å². The molecule has 21 heavy (non-hydrogen) atoms. The number of benzene rings is 2. The summed E-state index contributed by atoms with van der Waals surface area (Å²) < 4.78 is 19.9. The van der Waals surface area contributed by atoms with Crippen molar-refractivity contribution in [3.05, 3.63) is 70.0 Å². The van der Waals surface area contributed by atoms with Gasteiger partial charge in [-0.3, -0.25) is 4.79 Å². The summed E-state index contributed by atoms with van der Waals surface area (Å²) in [5.41, 5.74) is 3.57. The minimum Gasteiger partial charge on any atom is -0.365 e. The lowest BCUT2D eigenvalue weighted by molar-refractivity contribution is 0.0345. The molecule has 1 aliphatic rings. The zero-order valence-corrected chi connectivity index (χ0v) is 12.2. The highest BCUT2D eigenvalue weighted by atomic mass is 19.1. The van der Waals surface area contributed by atoms with Crippen molar-refractivity contribution in [3.63, 3.8) is 0 Å². The Balaban J connectivity index is 2.05. The third kappa shape index (κ3) is 2.49. The lowest BCUT2D eigenvalue weighted by Crippen LogP contribution is -2.24. The number of ether oxygens (including phenoxy) is 1. The van der Waals surface area contributed by atoms with Gasteiger partial charge in [0.15, 0.2) is 5.78 Å². The molecule has 0 radical (unpaired) electrons. The maximum Gasteiger partial charge on any atom is 0.199 e. The highest BCUT2D eigenvalue weighted by Crippen LogP contribution is 2.31. The molecule has 0 saturated carbocycles. The first-order chi connectivity index (χ1) is 10.1. The Bertz CT molecular complexity index is 683. The third-order valence-electron chi connectivity index (χ3n) is 3.91. The molecular weight excluding hydrogens is 267 g/mol. The fraction of sp³-hybridized carbons (Fsp3) is 0.278. The molecule has 1 heterocycles. The van der Waals surface area contributed by atoms with Crippen molar-refractivity contribution in [2.24, 2.45) is 0 Å². The number of carbonyl (C=O) groups is 1. The normalized spacial score (nSPS) is 17.4. The van der Waals surface area contributed by atoms with Gasteiger partial charge in [0.25, 0.3) is 0 Å². The van der Waals surface area contributed by atoms with Gasteiger partial charge in [0.2, 0.25) is 0 Å². The molecule has 2 aromatic rings. The molecule has 0 amide bonds. The Morgan fingerprint density at radius 2 is 2.00 bits per heavy atom. The van der Waals surface area contributed by atoms with Crippen molar-refractivity contribution in [3.8, 4) is 0 Å². The first kappa shape index (κ1) is 14.0. The second-order valence-corrected chi connectivity index (χ2v) is 5.50. The number of rotatable bonds is 2. The van der Waals surface area contributed by atoms with E-state index in [4.69, 9.17) is 4.74 Å². The molecule has 2 aromatic carbocycles.